The second-order valence-corrected chi connectivity index (χ2v) is 5.73. The first-order valence-electron chi connectivity index (χ1n) is 7.27. The van der Waals surface area contributed by atoms with Crippen LogP contribution < -0.4 is 20.5 Å². The van der Waals surface area contributed by atoms with Gasteiger partial charge in [-0.25, -0.2) is 0 Å². The number of aliphatic imine (C=N–C) groups is 1. The SMILES string of the molecule is COc1ccc(NC(N)=NCCc2c(Cl)cccc2Cl)cc1OC. The van der Waals surface area contributed by atoms with E-state index < -0.39 is 0 Å². The lowest BCUT2D eigenvalue weighted by Gasteiger charge is -2.11. The Kier molecular flexibility index (Phi) is 6.58. The normalized spacial score (nSPS) is 11.2. The van der Waals surface area contributed by atoms with Crippen molar-refractivity contribution in [3.8, 4) is 11.5 Å². The maximum atomic E-state index is 6.13. The Hall–Kier alpha value is -2.11. The van der Waals surface area contributed by atoms with Crippen molar-refractivity contribution in [1.29, 1.82) is 0 Å². The van der Waals surface area contributed by atoms with Crippen molar-refractivity contribution < 1.29 is 9.47 Å². The molecule has 2 aromatic rings. The second kappa shape index (κ2) is 8.66. The Morgan fingerprint density at radius 1 is 1.08 bits per heavy atom. The highest BCUT2D eigenvalue weighted by molar-refractivity contribution is 6.36. The van der Waals surface area contributed by atoms with Gasteiger partial charge in [-0.05, 0) is 36.2 Å². The fourth-order valence-electron chi connectivity index (χ4n) is 2.16. The minimum Gasteiger partial charge on any atom is -0.493 e. The largest absolute Gasteiger partial charge is 0.493 e. The maximum Gasteiger partial charge on any atom is 0.193 e. The Labute approximate surface area is 151 Å². The van der Waals surface area contributed by atoms with Crippen LogP contribution in [0.3, 0.4) is 0 Å². The molecule has 0 aliphatic heterocycles. The van der Waals surface area contributed by atoms with Crippen molar-refractivity contribution in [2.45, 2.75) is 6.42 Å². The lowest BCUT2D eigenvalue weighted by atomic mass is 10.1. The first-order chi connectivity index (χ1) is 11.5. The van der Waals surface area contributed by atoms with Crippen LogP contribution in [0.5, 0.6) is 11.5 Å². The summed E-state index contributed by atoms with van der Waals surface area (Å²) in [5, 5.41) is 4.27. The summed E-state index contributed by atoms with van der Waals surface area (Å²) in [6.07, 6.45) is 0.604. The molecule has 3 N–H and O–H groups in total. The Morgan fingerprint density at radius 3 is 2.38 bits per heavy atom. The standard InChI is InChI=1S/C17H19Cl2N3O2/c1-23-15-7-6-11(10-16(15)24-2)22-17(20)21-9-8-12-13(18)4-3-5-14(12)19/h3-7,10H,8-9H2,1-2H3,(H3,20,21,22). The lowest BCUT2D eigenvalue weighted by molar-refractivity contribution is 0.355. The summed E-state index contributed by atoms with van der Waals surface area (Å²) in [4.78, 5) is 4.29. The van der Waals surface area contributed by atoms with Crippen LogP contribution in [0.25, 0.3) is 0 Å². The smallest absolute Gasteiger partial charge is 0.193 e. The van der Waals surface area contributed by atoms with Gasteiger partial charge in [-0.1, -0.05) is 29.3 Å². The van der Waals surface area contributed by atoms with Crippen molar-refractivity contribution >= 4 is 34.8 Å². The Bertz CT molecular complexity index is 716. The molecule has 0 radical (unpaired) electrons. The van der Waals surface area contributed by atoms with Gasteiger partial charge in [-0.2, -0.15) is 0 Å². The first kappa shape index (κ1) is 18.2. The molecule has 0 aromatic heterocycles. The van der Waals surface area contributed by atoms with Crippen molar-refractivity contribution in [3.05, 3.63) is 52.0 Å². The van der Waals surface area contributed by atoms with Crippen LogP contribution >= 0.6 is 23.2 Å². The van der Waals surface area contributed by atoms with Crippen molar-refractivity contribution in [3.63, 3.8) is 0 Å². The van der Waals surface area contributed by atoms with Gasteiger partial charge in [-0.15, -0.1) is 0 Å². The number of methoxy groups -OCH3 is 2. The molecule has 128 valence electrons. The van der Waals surface area contributed by atoms with E-state index in [0.29, 0.717) is 40.5 Å². The molecule has 5 nitrogen and oxygen atoms in total. The number of hydrogen-bond acceptors (Lipinski definition) is 3. The third-order valence-electron chi connectivity index (χ3n) is 3.36. The van der Waals surface area contributed by atoms with Crippen molar-refractivity contribution in [1.82, 2.24) is 0 Å². The van der Waals surface area contributed by atoms with Gasteiger partial charge in [0.2, 0.25) is 0 Å². The minimum atomic E-state index is 0.297. The van der Waals surface area contributed by atoms with E-state index in [1.807, 2.05) is 12.1 Å². The number of anilines is 1. The molecule has 0 saturated carbocycles. The summed E-state index contributed by atoms with van der Waals surface area (Å²) in [5.74, 6) is 1.55. The topological polar surface area (TPSA) is 68.9 Å². The molecule has 2 rings (SSSR count). The lowest BCUT2D eigenvalue weighted by Crippen LogP contribution is -2.23. The van der Waals surface area contributed by atoms with Gasteiger partial charge in [0.25, 0.3) is 0 Å². The zero-order valence-electron chi connectivity index (χ0n) is 13.5. The van der Waals surface area contributed by atoms with E-state index in [1.54, 1.807) is 38.5 Å². The van der Waals surface area contributed by atoms with E-state index in [9.17, 15) is 0 Å². The molecule has 0 amide bonds. The number of benzene rings is 2. The zero-order valence-corrected chi connectivity index (χ0v) is 15.0. The van der Waals surface area contributed by atoms with Crippen LogP contribution in [-0.4, -0.2) is 26.7 Å². The summed E-state index contributed by atoms with van der Waals surface area (Å²) in [7, 11) is 3.16. The van der Waals surface area contributed by atoms with E-state index >= 15 is 0 Å². The van der Waals surface area contributed by atoms with Gasteiger partial charge in [0.1, 0.15) is 0 Å². The molecule has 24 heavy (non-hydrogen) atoms. The number of rotatable bonds is 6. The van der Waals surface area contributed by atoms with Crippen LogP contribution in [-0.2, 0) is 6.42 Å². The summed E-state index contributed by atoms with van der Waals surface area (Å²) in [6.45, 7) is 0.468. The zero-order chi connectivity index (χ0) is 17.5. The molecule has 0 bridgehead atoms. The van der Waals surface area contributed by atoms with Crippen molar-refractivity contribution in [2.24, 2.45) is 10.7 Å². The molecule has 2 aromatic carbocycles. The monoisotopic (exact) mass is 367 g/mol. The predicted molar refractivity (Wildman–Crippen MR) is 99.8 cm³/mol. The average Bonchev–Trinajstić information content (AvgIpc) is 2.57. The quantitative estimate of drug-likeness (QED) is 0.598. The number of nitrogens with two attached hydrogens (primary N) is 1. The number of nitrogens with zero attached hydrogens (tertiary/aromatic N) is 1. The van der Waals surface area contributed by atoms with E-state index in [-0.39, 0.29) is 0 Å². The molecule has 0 aliphatic rings. The molecule has 0 unspecified atom stereocenters. The van der Waals surface area contributed by atoms with Crippen molar-refractivity contribution in [2.75, 3.05) is 26.1 Å². The molecule has 0 saturated heterocycles. The molecule has 0 heterocycles. The maximum absolute atomic E-state index is 6.13. The summed E-state index contributed by atoms with van der Waals surface area (Å²) >= 11 is 12.3. The molecule has 0 spiro atoms. The van der Waals surface area contributed by atoms with E-state index in [4.69, 9.17) is 38.4 Å². The molecular weight excluding hydrogens is 349 g/mol. The number of halogens is 2. The van der Waals surface area contributed by atoms with Gasteiger partial charge in [0, 0.05) is 28.3 Å². The molecule has 7 heteroatoms. The summed E-state index contributed by atoms with van der Waals surface area (Å²) in [5.41, 5.74) is 7.53. The Balaban J connectivity index is 1.99. The minimum absolute atomic E-state index is 0.297. The summed E-state index contributed by atoms with van der Waals surface area (Å²) in [6, 6.07) is 10.8. The van der Waals surface area contributed by atoms with Gasteiger partial charge in [-0.3, -0.25) is 4.99 Å². The van der Waals surface area contributed by atoms with Gasteiger partial charge < -0.3 is 20.5 Å². The fourth-order valence-corrected chi connectivity index (χ4v) is 2.75. The Morgan fingerprint density at radius 2 is 1.75 bits per heavy atom. The number of nitrogens with one attached hydrogen (secondary N) is 1. The fraction of sp³-hybridized carbons (Fsp3) is 0.235. The highest BCUT2D eigenvalue weighted by Crippen LogP contribution is 2.29. The van der Waals surface area contributed by atoms with Crippen LogP contribution in [0.15, 0.2) is 41.4 Å². The third kappa shape index (κ3) is 4.69. The van der Waals surface area contributed by atoms with E-state index in [1.165, 1.54) is 0 Å². The summed E-state index contributed by atoms with van der Waals surface area (Å²) < 4.78 is 10.4. The van der Waals surface area contributed by atoms with Crippen LogP contribution in [0.1, 0.15) is 5.56 Å². The molecule has 0 atom stereocenters. The molecular formula is C17H19Cl2N3O2. The molecule has 0 fully saturated rings. The second-order valence-electron chi connectivity index (χ2n) is 4.91. The average molecular weight is 368 g/mol. The number of ether oxygens (including phenoxy) is 2. The highest BCUT2D eigenvalue weighted by Gasteiger charge is 2.06. The van der Waals surface area contributed by atoms with Gasteiger partial charge >= 0.3 is 0 Å². The van der Waals surface area contributed by atoms with E-state index in [0.717, 1.165) is 11.3 Å². The van der Waals surface area contributed by atoms with E-state index in [2.05, 4.69) is 10.3 Å². The third-order valence-corrected chi connectivity index (χ3v) is 4.07. The van der Waals surface area contributed by atoms with Gasteiger partial charge in [0.15, 0.2) is 17.5 Å². The molecule has 0 aliphatic carbocycles. The first-order valence-corrected chi connectivity index (χ1v) is 8.02. The van der Waals surface area contributed by atoms with Gasteiger partial charge in [0.05, 0.1) is 14.2 Å². The van der Waals surface area contributed by atoms with Crippen LogP contribution in [0.4, 0.5) is 5.69 Å². The highest BCUT2D eigenvalue weighted by atomic mass is 35.5. The number of guanidine groups is 1. The predicted octanol–water partition coefficient (Wildman–Crippen LogP) is 3.98. The van der Waals surface area contributed by atoms with Crippen LogP contribution in [0.2, 0.25) is 10.0 Å². The van der Waals surface area contributed by atoms with Crippen LogP contribution in [0, 0.1) is 0 Å². The number of hydrogen-bond donors (Lipinski definition) is 2.